The van der Waals surface area contributed by atoms with Crippen molar-refractivity contribution in [3.63, 3.8) is 0 Å². The van der Waals surface area contributed by atoms with Crippen LogP contribution in [0.15, 0.2) is 0 Å². The number of carboxylic acids is 1. The summed E-state index contributed by atoms with van der Waals surface area (Å²) in [6, 6.07) is -1.10. The lowest BCUT2D eigenvalue weighted by Gasteiger charge is -2.27. The first-order valence-corrected chi connectivity index (χ1v) is 6.57. The van der Waals surface area contributed by atoms with Crippen LogP contribution in [-0.2, 0) is 9.53 Å². The van der Waals surface area contributed by atoms with Crippen molar-refractivity contribution >= 4 is 12.0 Å². The molecule has 0 radical (unpaired) electrons. The summed E-state index contributed by atoms with van der Waals surface area (Å²) in [5, 5.41) is 14.1. The van der Waals surface area contributed by atoms with E-state index in [1.165, 1.54) is 0 Å². The van der Waals surface area contributed by atoms with E-state index in [4.69, 9.17) is 0 Å². The maximum atomic E-state index is 11.8. The normalized spacial score (nSPS) is 25.6. The Kier molecular flexibility index (Phi) is 5.82. The zero-order valence-electron chi connectivity index (χ0n) is 11.6. The topological polar surface area (TPSA) is 87.7 Å². The van der Waals surface area contributed by atoms with E-state index in [-0.39, 0.29) is 13.2 Å². The number of aliphatic carboxylic acids is 1. The van der Waals surface area contributed by atoms with Crippen molar-refractivity contribution in [3.8, 4) is 0 Å². The van der Waals surface area contributed by atoms with Crippen LogP contribution in [0.25, 0.3) is 0 Å². The lowest BCUT2D eigenvalue weighted by molar-refractivity contribution is -0.173. The van der Waals surface area contributed by atoms with Gasteiger partial charge in [0.2, 0.25) is 0 Å². The third-order valence-corrected chi connectivity index (χ3v) is 3.55. The van der Waals surface area contributed by atoms with Gasteiger partial charge in [0.25, 0.3) is 0 Å². The number of ether oxygens (including phenoxy) is 1. The summed E-state index contributed by atoms with van der Waals surface area (Å²) in [5.74, 6) is -0.973. The van der Waals surface area contributed by atoms with Gasteiger partial charge in [-0.3, -0.25) is 4.79 Å². The van der Waals surface area contributed by atoms with Crippen molar-refractivity contribution in [2.45, 2.75) is 38.4 Å². The number of halogens is 3. The minimum atomic E-state index is -4.39. The maximum Gasteiger partial charge on any atom is 0.411 e. The second kappa shape index (κ2) is 6.97. The summed E-state index contributed by atoms with van der Waals surface area (Å²) in [5.41, 5.74) is -1.01. The van der Waals surface area contributed by atoms with Crippen LogP contribution < -0.4 is 10.6 Å². The number of hydrogen-bond acceptors (Lipinski definition) is 3. The predicted octanol–water partition coefficient (Wildman–Crippen LogP) is 1.51. The van der Waals surface area contributed by atoms with Crippen molar-refractivity contribution in [2.75, 3.05) is 19.8 Å². The maximum absolute atomic E-state index is 11.8. The first kappa shape index (κ1) is 17.5. The fraction of sp³-hybridized carbons (Fsp3) is 0.833. The van der Waals surface area contributed by atoms with Gasteiger partial charge in [-0.1, -0.05) is 6.42 Å². The largest absolute Gasteiger partial charge is 0.481 e. The molecular weight excluding hydrogens is 293 g/mol. The average molecular weight is 312 g/mol. The minimum Gasteiger partial charge on any atom is -0.481 e. The van der Waals surface area contributed by atoms with Gasteiger partial charge in [0.15, 0.2) is 0 Å². The molecule has 21 heavy (non-hydrogen) atoms. The summed E-state index contributed by atoms with van der Waals surface area (Å²) in [7, 11) is 0. The summed E-state index contributed by atoms with van der Waals surface area (Å²) in [6.45, 7) is -0.151. The molecule has 2 amide bonds. The number of hydrogen-bond donors (Lipinski definition) is 3. The number of carboxylic acid groups (broad SMARTS) is 1. The van der Waals surface area contributed by atoms with Crippen LogP contribution in [0.5, 0.6) is 0 Å². The summed E-state index contributed by atoms with van der Waals surface area (Å²) < 4.78 is 39.7. The van der Waals surface area contributed by atoms with Crippen LogP contribution >= 0.6 is 0 Å². The Morgan fingerprint density at radius 3 is 2.67 bits per heavy atom. The molecule has 9 heteroatoms. The third-order valence-electron chi connectivity index (χ3n) is 3.55. The smallest absolute Gasteiger partial charge is 0.411 e. The molecule has 1 rings (SSSR count). The van der Waals surface area contributed by atoms with Crippen LogP contribution in [0.1, 0.15) is 26.2 Å². The van der Waals surface area contributed by atoms with E-state index in [2.05, 4.69) is 15.4 Å². The number of nitrogens with one attached hydrogen (secondary N) is 2. The molecule has 1 fully saturated rings. The van der Waals surface area contributed by atoms with Crippen molar-refractivity contribution in [2.24, 2.45) is 5.41 Å². The second-order valence-electron chi connectivity index (χ2n) is 5.24. The Hall–Kier alpha value is -1.51. The fourth-order valence-electron chi connectivity index (χ4n) is 2.29. The highest BCUT2D eigenvalue weighted by molar-refractivity contribution is 5.79. The number of alkyl halides is 3. The van der Waals surface area contributed by atoms with Gasteiger partial charge < -0.3 is 20.5 Å². The molecule has 2 unspecified atom stereocenters. The molecule has 0 aromatic rings. The van der Waals surface area contributed by atoms with Crippen molar-refractivity contribution in [1.29, 1.82) is 0 Å². The van der Waals surface area contributed by atoms with Crippen LogP contribution in [0, 0.1) is 5.41 Å². The Morgan fingerprint density at radius 2 is 2.10 bits per heavy atom. The molecule has 1 aliphatic rings. The number of rotatable bonds is 6. The van der Waals surface area contributed by atoms with Gasteiger partial charge in [0.1, 0.15) is 6.61 Å². The van der Waals surface area contributed by atoms with Crippen molar-refractivity contribution in [3.05, 3.63) is 0 Å². The van der Waals surface area contributed by atoms with Crippen LogP contribution in [-0.4, -0.2) is 49.1 Å². The molecule has 1 saturated carbocycles. The monoisotopic (exact) mass is 312 g/mol. The van der Waals surface area contributed by atoms with E-state index in [0.29, 0.717) is 19.3 Å². The molecule has 122 valence electrons. The highest BCUT2D eigenvalue weighted by Gasteiger charge is 2.45. The molecule has 0 bridgehead atoms. The van der Waals surface area contributed by atoms with Crippen LogP contribution in [0.3, 0.4) is 0 Å². The van der Waals surface area contributed by atoms with E-state index < -0.39 is 36.2 Å². The quantitative estimate of drug-likeness (QED) is 0.649. The number of amides is 2. The first-order chi connectivity index (χ1) is 9.65. The summed E-state index contributed by atoms with van der Waals surface area (Å²) >= 11 is 0. The van der Waals surface area contributed by atoms with Crippen LogP contribution in [0.2, 0.25) is 0 Å². The van der Waals surface area contributed by atoms with Gasteiger partial charge >= 0.3 is 18.2 Å². The molecule has 6 nitrogen and oxygen atoms in total. The van der Waals surface area contributed by atoms with E-state index in [1.807, 2.05) is 0 Å². The van der Waals surface area contributed by atoms with E-state index in [1.54, 1.807) is 6.92 Å². The lowest BCUT2D eigenvalue weighted by Crippen LogP contribution is -2.50. The van der Waals surface area contributed by atoms with Crippen LogP contribution in [0.4, 0.5) is 18.0 Å². The highest BCUT2D eigenvalue weighted by Crippen LogP contribution is 2.38. The molecule has 0 spiro atoms. The third kappa shape index (κ3) is 5.41. The predicted molar refractivity (Wildman–Crippen MR) is 66.8 cm³/mol. The number of carbonyl (C=O) groups excluding carboxylic acids is 1. The summed E-state index contributed by atoms with van der Waals surface area (Å²) in [4.78, 5) is 22.8. The molecule has 2 atom stereocenters. The molecule has 0 aromatic carbocycles. The minimum absolute atomic E-state index is 0.0849. The Morgan fingerprint density at radius 1 is 1.43 bits per heavy atom. The van der Waals surface area contributed by atoms with Crippen molar-refractivity contribution < 1.29 is 32.6 Å². The Labute approximate surface area is 120 Å². The first-order valence-electron chi connectivity index (χ1n) is 6.57. The highest BCUT2D eigenvalue weighted by atomic mass is 19.4. The molecule has 1 aliphatic carbocycles. The van der Waals surface area contributed by atoms with Gasteiger partial charge in [-0.15, -0.1) is 0 Å². The van der Waals surface area contributed by atoms with Gasteiger partial charge in [0.05, 0.1) is 12.0 Å². The zero-order chi connectivity index (χ0) is 16.1. The molecule has 3 N–H and O–H groups in total. The Balaban J connectivity index is 2.26. The van der Waals surface area contributed by atoms with Gasteiger partial charge in [-0.05, 0) is 19.8 Å². The fourth-order valence-corrected chi connectivity index (χ4v) is 2.29. The van der Waals surface area contributed by atoms with Gasteiger partial charge in [-0.25, -0.2) is 4.79 Å². The summed E-state index contributed by atoms with van der Waals surface area (Å²) in [6.07, 6.45) is -2.67. The van der Waals surface area contributed by atoms with Gasteiger partial charge in [0, 0.05) is 12.6 Å². The average Bonchev–Trinajstić information content (AvgIpc) is 2.70. The number of urea groups is 1. The van der Waals surface area contributed by atoms with E-state index >= 15 is 0 Å². The molecule has 0 aromatic heterocycles. The Bertz CT molecular complexity index is 389. The van der Waals surface area contributed by atoms with Gasteiger partial charge in [-0.2, -0.15) is 13.2 Å². The SMILES string of the molecule is CC1(C(=O)O)CCCC1NC(=O)NCCOCC(F)(F)F. The molecule has 0 heterocycles. The van der Waals surface area contributed by atoms with E-state index in [9.17, 15) is 27.9 Å². The molecule has 0 saturated heterocycles. The van der Waals surface area contributed by atoms with Crippen molar-refractivity contribution in [1.82, 2.24) is 10.6 Å². The van der Waals surface area contributed by atoms with E-state index in [0.717, 1.165) is 0 Å². The zero-order valence-corrected chi connectivity index (χ0v) is 11.6. The lowest BCUT2D eigenvalue weighted by atomic mass is 9.85. The number of carbonyl (C=O) groups is 2. The molecule has 0 aliphatic heterocycles. The standard InChI is InChI=1S/C12H19F3N2O4/c1-11(9(18)19)4-2-3-8(11)17-10(20)16-5-6-21-7-12(13,14)15/h8H,2-7H2,1H3,(H,18,19)(H2,16,17,20). The second-order valence-corrected chi connectivity index (χ2v) is 5.24. The molecular formula is C12H19F3N2O4.